The quantitative estimate of drug-likeness (QED) is 0.795. The van der Waals surface area contributed by atoms with Crippen LogP contribution in [0.4, 0.5) is 0 Å². The molecule has 0 spiro atoms. The van der Waals surface area contributed by atoms with Crippen LogP contribution in [0, 0.1) is 5.92 Å². The molecule has 0 aromatic carbocycles. The van der Waals surface area contributed by atoms with Crippen LogP contribution in [0.25, 0.3) is 0 Å². The van der Waals surface area contributed by atoms with Crippen LogP contribution in [-0.2, 0) is 11.2 Å². The van der Waals surface area contributed by atoms with E-state index >= 15 is 0 Å². The Kier molecular flexibility index (Phi) is 5.71. The summed E-state index contributed by atoms with van der Waals surface area (Å²) in [6.45, 7) is 4.03. The van der Waals surface area contributed by atoms with Gasteiger partial charge in [0.1, 0.15) is 6.10 Å². The Hall–Kier alpha value is -0.670. The van der Waals surface area contributed by atoms with Gasteiger partial charge in [-0.1, -0.05) is 26.7 Å². The van der Waals surface area contributed by atoms with Crippen molar-refractivity contribution in [2.24, 2.45) is 5.92 Å². The second kappa shape index (κ2) is 6.81. The number of carbonyl (C=O) groups excluding carboxylic acids is 1. The molecule has 0 saturated heterocycles. The molecule has 1 aromatic rings. The lowest BCUT2D eigenvalue weighted by molar-refractivity contribution is -0.129. The van der Waals surface area contributed by atoms with E-state index in [0.717, 1.165) is 19.3 Å². The first kappa shape index (κ1) is 13.4. The van der Waals surface area contributed by atoms with Crippen molar-refractivity contribution in [2.75, 3.05) is 0 Å². The number of hydrogen-bond acceptors (Lipinski definition) is 3. The van der Waals surface area contributed by atoms with E-state index in [4.69, 9.17) is 0 Å². The molecule has 1 aromatic heterocycles. The van der Waals surface area contributed by atoms with Gasteiger partial charge in [-0.2, -0.15) is 11.3 Å². The van der Waals surface area contributed by atoms with Gasteiger partial charge in [0.15, 0.2) is 5.78 Å². The van der Waals surface area contributed by atoms with E-state index in [1.54, 1.807) is 11.3 Å². The van der Waals surface area contributed by atoms with E-state index in [-0.39, 0.29) is 11.7 Å². The van der Waals surface area contributed by atoms with Crippen molar-refractivity contribution in [2.45, 2.75) is 45.6 Å². The van der Waals surface area contributed by atoms with E-state index in [1.165, 1.54) is 5.56 Å². The standard InChI is InChI=1S/C13H20O2S/c1-3-11(4-2)13(15)12(14)6-5-10-7-8-16-9-10/h7-9,11,13,15H,3-6H2,1-2H3. The molecule has 0 bridgehead atoms. The number of Topliss-reactive ketones (excluding diaryl/α,β-unsaturated/α-hetero) is 1. The maximum Gasteiger partial charge on any atom is 0.161 e. The van der Waals surface area contributed by atoms with Crippen molar-refractivity contribution in [1.82, 2.24) is 0 Å². The number of aliphatic hydroxyl groups is 1. The molecular formula is C13H20O2S. The van der Waals surface area contributed by atoms with Gasteiger partial charge in [-0.3, -0.25) is 4.79 Å². The lowest BCUT2D eigenvalue weighted by Gasteiger charge is -2.18. The Labute approximate surface area is 101 Å². The largest absolute Gasteiger partial charge is 0.385 e. The minimum absolute atomic E-state index is 0.0140. The zero-order chi connectivity index (χ0) is 12.0. The molecule has 0 aliphatic heterocycles. The molecule has 1 atom stereocenters. The number of ketones is 1. The maximum atomic E-state index is 11.8. The molecule has 3 heteroatoms. The molecule has 0 aliphatic rings. The molecule has 0 radical (unpaired) electrons. The Morgan fingerprint density at radius 2 is 2.12 bits per heavy atom. The normalized spacial score (nSPS) is 13.0. The Balaban J connectivity index is 2.39. The van der Waals surface area contributed by atoms with Crippen molar-refractivity contribution in [3.8, 4) is 0 Å². The molecule has 0 aliphatic carbocycles. The second-order valence-corrected chi connectivity index (χ2v) is 4.90. The van der Waals surface area contributed by atoms with Crippen LogP contribution >= 0.6 is 11.3 Å². The molecule has 2 nitrogen and oxygen atoms in total. The first-order chi connectivity index (χ1) is 7.69. The fraction of sp³-hybridized carbons (Fsp3) is 0.615. The fourth-order valence-electron chi connectivity index (χ4n) is 1.85. The number of thiophene rings is 1. The van der Waals surface area contributed by atoms with Gasteiger partial charge in [0.2, 0.25) is 0 Å². The molecule has 1 rings (SSSR count). The highest BCUT2D eigenvalue weighted by Crippen LogP contribution is 2.16. The fourth-order valence-corrected chi connectivity index (χ4v) is 2.55. The average molecular weight is 240 g/mol. The summed E-state index contributed by atoms with van der Waals surface area (Å²) in [7, 11) is 0. The summed E-state index contributed by atoms with van der Waals surface area (Å²) in [5.41, 5.74) is 1.19. The summed E-state index contributed by atoms with van der Waals surface area (Å²) >= 11 is 1.64. The molecule has 1 heterocycles. The first-order valence-electron chi connectivity index (χ1n) is 5.90. The van der Waals surface area contributed by atoms with Crippen molar-refractivity contribution in [3.05, 3.63) is 22.4 Å². The highest BCUT2D eigenvalue weighted by atomic mass is 32.1. The zero-order valence-electron chi connectivity index (χ0n) is 9.98. The minimum Gasteiger partial charge on any atom is -0.385 e. The van der Waals surface area contributed by atoms with Crippen molar-refractivity contribution < 1.29 is 9.90 Å². The Morgan fingerprint density at radius 3 is 2.62 bits per heavy atom. The van der Waals surface area contributed by atoms with E-state index < -0.39 is 6.10 Å². The number of aliphatic hydroxyl groups excluding tert-OH is 1. The smallest absolute Gasteiger partial charge is 0.161 e. The zero-order valence-corrected chi connectivity index (χ0v) is 10.8. The number of hydrogen-bond donors (Lipinski definition) is 1. The monoisotopic (exact) mass is 240 g/mol. The van der Waals surface area contributed by atoms with E-state index in [2.05, 4.69) is 5.38 Å². The van der Waals surface area contributed by atoms with Gasteiger partial charge in [-0.05, 0) is 34.7 Å². The molecule has 1 N–H and O–H groups in total. The summed E-state index contributed by atoms with van der Waals surface area (Å²) in [5.74, 6) is 0.106. The highest BCUT2D eigenvalue weighted by molar-refractivity contribution is 7.07. The summed E-state index contributed by atoms with van der Waals surface area (Å²) in [6.07, 6.45) is 2.16. The summed E-state index contributed by atoms with van der Waals surface area (Å²) < 4.78 is 0. The van der Waals surface area contributed by atoms with Crippen LogP contribution in [0.3, 0.4) is 0 Å². The Bertz CT molecular complexity index is 302. The average Bonchev–Trinajstić information content (AvgIpc) is 2.80. The third kappa shape index (κ3) is 3.72. The van der Waals surface area contributed by atoms with Gasteiger partial charge in [0, 0.05) is 6.42 Å². The van der Waals surface area contributed by atoms with Gasteiger partial charge in [-0.25, -0.2) is 0 Å². The predicted molar refractivity (Wildman–Crippen MR) is 67.7 cm³/mol. The van der Waals surface area contributed by atoms with Gasteiger partial charge >= 0.3 is 0 Å². The van der Waals surface area contributed by atoms with Crippen LogP contribution in [0.1, 0.15) is 38.7 Å². The van der Waals surface area contributed by atoms with Crippen LogP contribution < -0.4 is 0 Å². The van der Waals surface area contributed by atoms with Gasteiger partial charge in [0.05, 0.1) is 0 Å². The summed E-state index contributed by atoms with van der Waals surface area (Å²) in [4.78, 5) is 11.8. The molecule has 90 valence electrons. The van der Waals surface area contributed by atoms with Gasteiger partial charge in [-0.15, -0.1) is 0 Å². The summed E-state index contributed by atoms with van der Waals surface area (Å²) in [5, 5.41) is 13.9. The lowest BCUT2D eigenvalue weighted by Crippen LogP contribution is -2.29. The third-order valence-electron chi connectivity index (χ3n) is 3.07. The molecule has 0 amide bonds. The highest BCUT2D eigenvalue weighted by Gasteiger charge is 2.22. The van der Waals surface area contributed by atoms with Crippen LogP contribution in [0.5, 0.6) is 0 Å². The van der Waals surface area contributed by atoms with Crippen molar-refractivity contribution in [1.29, 1.82) is 0 Å². The van der Waals surface area contributed by atoms with Gasteiger partial charge < -0.3 is 5.11 Å². The number of rotatable bonds is 7. The SMILES string of the molecule is CCC(CC)C(O)C(=O)CCc1ccsc1. The van der Waals surface area contributed by atoms with E-state index in [1.807, 2.05) is 25.3 Å². The summed E-state index contributed by atoms with van der Waals surface area (Å²) in [6, 6.07) is 2.03. The van der Waals surface area contributed by atoms with Gasteiger partial charge in [0.25, 0.3) is 0 Å². The van der Waals surface area contributed by atoms with Crippen LogP contribution in [-0.4, -0.2) is 17.0 Å². The molecule has 1 unspecified atom stereocenters. The maximum absolute atomic E-state index is 11.8. The second-order valence-electron chi connectivity index (χ2n) is 4.12. The van der Waals surface area contributed by atoms with Crippen LogP contribution in [0.2, 0.25) is 0 Å². The molecular weight excluding hydrogens is 220 g/mol. The molecule has 0 saturated carbocycles. The number of aryl methyl sites for hydroxylation is 1. The predicted octanol–water partition coefficient (Wildman–Crippen LogP) is 3.05. The topological polar surface area (TPSA) is 37.3 Å². The van der Waals surface area contributed by atoms with Crippen molar-refractivity contribution >= 4 is 17.1 Å². The van der Waals surface area contributed by atoms with Crippen molar-refractivity contribution in [3.63, 3.8) is 0 Å². The number of carbonyl (C=O) groups is 1. The molecule has 16 heavy (non-hydrogen) atoms. The van der Waals surface area contributed by atoms with E-state index in [9.17, 15) is 9.90 Å². The lowest BCUT2D eigenvalue weighted by atomic mass is 9.91. The van der Waals surface area contributed by atoms with Crippen LogP contribution in [0.15, 0.2) is 16.8 Å². The van der Waals surface area contributed by atoms with E-state index in [0.29, 0.717) is 6.42 Å². The first-order valence-corrected chi connectivity index (χ1v) is 6.85. The molecule has 0 fully saturated rings. The Morgan fingerprint density at radius 1 is 1.44 bits per heavy atom. The minimum atomic E-state index is -0.770. The third-order valence-corrected chi connectivity index (χ3v) is 3.80.